The summed E-state index contributed by atoms with van der Waals surface area (Å²) in [6, 6.07) is 4.03. The number of aryl methyl sites for hydroxylation is 1. The average molecular weight is 339 g/mol. The first-order valence-corrected chi connectivity index (χ1v) is 7.65. The average Bonchev–Trinajstić information content (AvgIpc) is 2.48. The standard InChI is InChI=1S/C17H22FNO5/c1-10-5-6-11(18)9-12(10)19-7-8-24-13(14(19)20)17(23,15(21)22)16(2,3)4/h5-6,9,13,23H,7-8H2,1-4H3,(H,21,22)/t13-,17+/m0/s1. The van der Waals surface area contributed by atoms with Crippen molar-refractivity contribution in [3.05, 3.63) is 29.6 Å². The molecule has 7 heteroatoms. The molecular formula is C17H22FNO5. The topological polar surface area (TPSA) is 87.1 Å². The molecule has 2 N–H and O–H groups in total. The van der Waals surface area contributed by atoms with E-state index >= 15 is 0 Å². The predicted octanol–water partition coefficient (Wildman–Crippen LogP) is 1.73. The number of rotatable bonds is 3. The molecule has 1 fully saturated rings. The summed E-state index contributed by atoms with van der Waals surface area (Å²) in [5.41, 5.74) is -2.56. The number of carbonyl (C=O) groups is 2. The Balaban J connectivity index is 2.47. The third-order valence-corrected chi connectivity index (χ3v) is 4.40. The Hall–Kier alpha value is -1.99. The smallest absolute Gasteiger partial charge is 0.339 e. The lowest BCUT2D eigenvalue weighted by Crippen LogP contribution is -2.66. The van der Waals surface area contributed by atoms with E-state index in [9.17, 15) is 24.2 Å². The number of halogens is 1. The van der Waals surface area contributed by atoms with Crippen molar-refractivity contribution in [1.82, 2.24) is 0 Å². The number of hydrogen-bond donors (Lipinski definition) is 2. The number of benzene rings is 1. The van der Waals surface area contributed by atoms with Crippen LogP contribution in [0, 0.1) is 18.2 Å². The zero-order chi connectivity index (χ0) is 18.3. The van der Waals surface area contributed by atoms with Crippen LogP contribution < -0.4 is 4.90 Å². The second-order valence-corrected chi connectivity index (χ2v) is 6.99. The number of morpholine rings is 1. The molecule has 132 valence electrons. The normalized spacial score (nSPS) is 21.5. The summed E-state index contributed by atoms with van der Waals surface area (Å²) in [6.07, 6.45) is -1.58. The summed E-state index contributed by atoms with van der Waals surface area (Å²) in [5.74, 6) is -2.74. The van der Waals surface area contributed by atoms with E-state index < -0.39 is 34.8 Å². The fraction of sp³-hybridized carbons (Fsp3) is 0.529. The second kappa shape index (κ2) is 6.14. The molecule has 6 nitrogen and oxygen atoms in total. The molecule has 0 saturated carbocycles. The van der Waals surface area contributed by atoms with Crippen LogP contribution in [0.1, 0.15) is 26.3 Å². The number of nitrogens with zero attached hydrogens (tertiary/aromatic N) is 1. The van der Waals surface area contributed by atoms with Crippen molar-refractivity contribution in [2.45, 2.75) is 39.4 Å². The number of amides is 1. The minimum absolute atomic E-state index is 0.0397. The molecule has 0 aliphatic carbocycles. The second-order valence-electron chi connectivity index (χ2n) is 6.99. The van der Waals surface area contributed by atoms with E-state index in [0.29, 0.717) is 11.3 Å². The lowest BCUT2D eigenvalue weighted by Gasteiger charge is -2.44. The van der Waals surface area contributed by atoms with Crippen LogP contribution >= 0.6 is 0 Å². The van der Waals surface area contributed by atoms with Crippen molar-refractivity contribution in [2.24, 2.45) is 5.41 Å². The molecule has 0 bridgehead atoms. The van der Waals surface area contributed by atoms with Gasteiger partial charge in [-0.2, -0.15) is 0 Å². The van der Waals surface area contributed by atoms with Crippen molar-refractivity contribution in [3.8, 4) is 0 Å². The molecule has 1 heterocycles. The first kappa shape index (κ1) is 18.4. The van der Waals surface area contributed by atoms with Gasteiger partial charge in [0.2, 0.25) is 5.60 Å². The molecule has 1 aromatic rings. The SMILES string of the molecule is Cc1ccc(F)cc1N1CCO[C@H]([C@@](O)(C(=O)O)C(C)(C)C)C1=O. The minimum Gasteiger partial charge on any atom is -0.479 e. The first-order valence-electron chi connectivity index (χ1n) is 7.65. The van der Waals surface area contributed by atoms with Crippen molar-refractivity contribution in [2.75, 3.05) is 18.1 Å². The Morgan fingerprint density at radius 1 is 1.38 bits per heavy atom. The lowest BCUT2D eigenvalue weighted by molar-refractivity contribution is -0.203. The highest BCUT2D eigenvalue weighted by molar-refractivity contribution is 6.02. The van der Waals surface area contributed by atoms with E-state index in [1.165, 1.54) is 43.9 Å². The Labute approximate surface area is 139 Å². The van der Waals surface area contributed by atoms with Gasteiger partial charge in [0, 0.05) is 17.6 Å². The van der Waals surface area contributed by atoms with Crippen LogP contribution in [0.4, 0.5) is 10.1 Å². The predicted molar refractivity (Wildman–Crippen MR) is 85.3 cm³/mol. The molecule has 1 aliphatic rings. The maximum atomic E-state index is 13.6. The van der Waals surface area contributed by atoms with Gasteiger partial charge in [-0.05, 0) is 24.6 Å². The van der Waals surface area contributed by atoms with Gasteiger partial charge in [0.05, 0.1) is 6.61 Å². The van der Waals surface area contributed by atoms with Crippen molar-refractivity contribution in [1.29, 1.82) is 0 Å². The Morgan fingerprint density at radius 3 is 2.54 bits per heavy atom. The van der Waals surface area contributed by atoms with Gasteiger partial charge in [-0.3, -0.25) is 4.79 Å². The number of anilines is 1. The summed E-state index contributed by atoms with van der Waals surface area (Å²) >= 11 is 0. The van der Waals surface area contributed by atoms with Crippen LogP contribution in [0.25, 0.3) is 0 Å². The molecule has 1 amide bonds. The van der Waals surface area contributed by atoms with Crippen molar-refractivity contribution >= 4 is 17.6 Å². The van der Waals surface area contributed by atoms with Crippen molar-refractivity contribution in [3.63, 3.8) is 0 Å². The van der Waals surface area contributed by atoms with Crippen molar-refractivity contribution < 1.29 is 28.9 Å². The Kier molecular flexibility index (Phi) is 4.70. The lowest BCUT2D eigenvalue weighted by atomic mass is 9.72. The minimum atomic E-state index is -2.41. The van der Waals surface area contributed by atoms with Gasteiger partial charge >= 0.3 is 5.97 Å². The van der Waals surface area contributed by atoms with Gasteiger partial charge in [0.25, 0.3) is 5.91 Å². The highest BCUT2D eigenvalue weighted by Gasteiger charge is 2.59. The number of aliphatic hydroxyl groups is 1. The van der Waals surface area contributed by atoms with E-state index in [1.54, 1.807) is 6.92 Å². The molecule has 1 saturated heterocycles. The molecular weight excluding hydrogens is 317 g/mol. The zero-order valence-corrected chi connectivity index (χ0v) is 14.2. The summed E-state index contributed by atoms with van der Waals surface area (Å²) < 4.78 is 18.9. The zero-order valence-electron chi connectivity index (χ0n) is 14.2. The first-order chi connectivity index (χ1) is 11.0. The summed E-state index contributed by atoms with van der Waals surface area (Å²) in [6.45, 7) is 6.47. The maximum absolute atomic E-state index is 13.6. The van der Waals surface area contributed by atoms with Crippen LogP contribution in [-0.4, -0.2) is 46.9 Å². The Bertz CT molecular complexity index is 669. The van der Waals surface area contributed by atoms with E-state index in [4.69, 9.17) is 4.74 Å². The van der Waals surface area contributed by atoms with Gasteiger partial charge in [-0.1, -0.05) is 26.8 Å². The molecule has 24 heavy (non-hydrogen) atoms. The van der Waals surface area contributed by atoms with Gasteiger partial charge in [0.15, 0.2) is 6.10 Å². The highest BCUT2D eigenvalue weighted by atomic mass is 19.1. The fourth-order valence-electron chi connectivity index (χ4n) is 2.82. The third kappa shape index (κ3) is 2.89. The molecule has 1 aliphatic heterocycles. The highest BCUT2D eigenvalue weighted by Crippen LogP contribution is 2.38. The number of ether oxygens (including phenoxy) is 1. The van der Waals surface area contributed by atoms with Crippen LogP contribution in [0.15, 0.2) is 18.2 Å². The monoisotopic (exact) mass is 339 g/mol. The van der Waals surface area contributed by atoms with Gasteiger partial charge in [0.1, 0.15) is 5.82 Å². The quantitative estimate of drug-likeness (QED) is 0.876. The van der Waals surface area contributed by atoms with Gasteiger partial charge in [-0.25, -0.2) is 9.18 Å². The van der Waals surface area contributed by atoms with Crippen LogP contribution in [0.5, 0.6) is 0 Å². The van der Waals surface area contributed by atoms with E-state index in [2.05, 4.69) is 0 Å². The summed E-state index contributed by atoms with van der Waals surface area (Å²) in [4.78, 5) is 25.8. The molecule has 0 aromatic heterocycles. The largest absolute Gasteiger partial charge is 0.479 e. The van der Waals surface area contributed by atoms with E-state index in [1.807, 2.05) is 0 Å². The maximum Gasteiger partial charge on any atom is 0.339 e. The van der Waals surface area contributed by atoms with E-state index in [0.717, 1.165) is 0 Å². The summed E-state index contributed by atoms with van der Waals surface area (Å²) in [7, 11) is 0. The molecule has 2 rings (SSSR count). The van der Waals surface area contributed by atoms with Crippen LogP contribution in [0.2, 0.25) is 0 Å². The number of carbonyl (C=O) groups excluding carboxylic acids is 1. The molecule has 0 radical (unpaired) electrons. The molecule has 0 unspecified atom stereocenters. The van der Waals surface area contributed by atoms with Crippen LogP contribution in [0.3, 0.4) is 0 Å². The number of carboxylic acids is 1. The van der Waals surface area contributed by atoms with Crippen LogP contribution in [-0.2, 0) is 14.3 Å². The number of aliphatic carboxylic acids is 1. The molecule has 0 spiro atoms. The van der Waals surface area contributed by atoms with Gasteiger partial charge < -0.3 is 19.8 Å². The van der Waals surface area contributed by atoms with Gasteiger partial charge in [-0.15, -0.1) is 0 Å². The number of carboxylic acid groups (broad SMARTS) is 1. The Morgan fingerprint density at radius 2 is 2.00 bits per heavy atom. The van der Waals surface area contributed by atoms with E-state index in [-0.39, 0.29) is 13.2 Å². The third-order valence-electron chi connectivity index (χ3n) is 4.40. The molecule has 2 atom stereocenters. The summed E-state index contributed by atoms with van der Waals surface area (Å²) in [5, 5.41) is 20.3. The fourth-order valence-corrected chi connectivity index (χ4v) is 2.82. The number of hydrogen-bond acceptors (Lipinski definition) is 4. The molecule has 1 aromatic carbocycles.